The molecule has 0 unspecified atom stereocenters. The highest BCUT2D eigenvalue weighted by Gasteiger charge is 2.16. The third-order valence-corrected chi connectivity index (χ3v) is 5.13. The summed E-state index contributed by atoms with van der Waals surface area (Å²) in [7, 11) is -3.58. The number of sulfonamides is 1. The van der Waals surface area contributed by atoms with Crippen molar-refractivity contribution in [2.45, 2.75) is 25.7 Å². The van der Waals surface area contributed by atoms with E-state index in [4.69, 9.17) is 0 Å². The maximum Gasteiger partial charge on any atom is 0.240 e. The molecule has 0 fully saturated rings. The van der Waals surface area contributed by atoms with Gasteiger partial charge in [0.1, 0.15) is 0 Å². The second-order valence-corrected chi connectivity index (χ2v) is 7.49. The predicted molar refractivity (Wildman–Crippen MR) is 95.6 cm³/mol. The monoisotopic (exact) mass is 346 g/mol. The van der Waals surface area contributed by atoms with Crippen LogP contribution in [0.1, 0.15) is 18.1 Å². The van der Waals surface area contributed by atoms with Gasteiger partial charge in [-0.1, -0.05) is 29.8 Å². The maximum absolute atomic E-state index is 12.3. The van der Waals surface area contributed by atoms with Crippen LogP contribution in [-0.4, -0.2) is 27.4 Å². The first-order valence-electron chi connectivity index (χ1n) is 7.71. The van der Waals surface area contributed by atoms with Gasteiger partial charge >= 0.3 is 0 Å². The Morgan fingerprint density at radius 3 is 2.29 bits per heavy atom. The summed E-state index contributed by atoms with van der Waals surface area (Å²) in [6, 6.07) is 14.2. The van der Waals surface area contributed by atoms with Crippen LogP contribution in [0, 0.1) is 13.8 Å². The SMILES string of the molecule is CC(=O)N(CCNS(=O)(=O)c1ccc(C)cc1)c1cccc(C)c1. The van der Waals surface area contributed by atoms with Gasteiger partial charge in [-0.25, -0.2) is 13.1 Å². The summed E-state index contributed by atoms with van der Waals surface area (Å²) < 4.78 is 27.1. The Balaban J connectivity index is 2.05. The number of carbonyl (C=O) groups is 1. The molecule has 0 saturated carbocycles. The van der Waals surface area contributed by atoms with Gasteiger partial charge in [0.2, 0.25) is 15.9 Å². The van der Waals surface area contributed by atoms with Gasteiger partial charge in [-0.15, -0.1) is 0 Å². The van der Waals surface area contributed by atoms with E-state index in [-0.39, 0.29) is 23.9 Å². The molecule has 0 aliphatic rings. The van der Waals surface area contributed by atoms with Gasteiger partial charge in [0, 0.05) is 25.7 Å². The molecule has 1 N–H and O–H groups in total. The number of aryl methyl sites for hydroxylation is 2. The molecule has 0 heterocycles. The smallest absolute Gasteiger partial charge is 0.240 e. The lowest BCUT2D eigenvalue weighted by Crippen LogP contribution is -2.37. The normalized spacial score (nSPS) is 11.3. The number of amides is 1. The summed E-state index contributed by atoms with van der Waals surface area (Å²) in [5.41, 5.74) is 2.80. The minimum Gasteiger partial charge on any atom is -0.311 e. The molecule has 24 heavy (non-hydrogen) atoms. The summed E-state index contributed by atoms with van der Waals surface area (Å²) in [6.07, 6.45) is 0. The van der Waals surface area contributed by atoms with Crippen molar-refractivity contribution in [3.63, 3.8) is 0 Å². The third kappa shape index (κ3) is 4.66. The molecule has 2 aromatic carbocycles. The number of nitrogens with zero attached hydrogens (tertiary/aromatic N) is 1. The lowest BCUT2D eigenvalue weighted by Gasteiger charge is -2.21. The minimum absolute atomic E-state index is 0.130. The molecule has 5 nitrogen and oxygen atoms in total. The van der Waals surface area contributed by atoms with Crippen LogP contribution in [0.3, 0.4) is 0 Å². The van der Waals surface area contributed by atoms with Crippen molar-refractivity contribution in [3.05, 3.63) is 59.7 Å². The number of hydrogen-bond donors (Lipinski definition) is 1. The van der Waals surface area contributed by atoms with Crippen molar-refractivity contribution in [2.75, 3.05) is 18.0 Å². The second-order valence-electron chi connectivity index (χ2n) is 5.72. The van der Waals surface area contributed by atoms with Crippen molar-refractivity contribution in [3.8, 4) is 0 Å². The fourth-order valence-corrected chi connectivity index (χ4v) is 3.38. The fourth-order valence-electron chi connectivity index (χ4n) is 2.36. The average Bonchev–Trinajstić information content (AvgIpc) is 2.51. The molecule has 2 aromatic rings. The molecule has 0 aliphatic heterocycles. The fraction of sp³-hybridized carbons (Fsp3) is 0.278. The first-order valence-corrected chi connectivity index (χ1v) is 9.19. The lowest BCUT2D eigenvalue weighted by atomic mass is 10.2. The minimum atomic E-state index is -3.58. The summed E-state index contributed by atoms with van der Waals surface area (Å²) in [5, 5.41) is 0. The van der Waals surface area contributed by atoms with Crippen molar-refractivity contribution >= 4 is 21.6 Å². The molecule has 0 atom stereocenters. The Labute approximate surface area is 143 Å². The van der Waals surface area contributed by atoms with E-state index in [1.165, 1.54) is 6.92 Å². The highest BCUT2D eigenvalue weighted by Crippen LogP contribution is 2.16. The van der Waals surface area contributed by atoms with Crippen molar-refractivity contribution < 1.29 is 13.2 Å². The van der Waals surface area contributed by atoms with Crippen LogP contribution in [0.5, 0.6) is 0 Å². The Bertz CT molecular complexity index is 814. The highest BCUT2D eigenvalue weighted by atomic mass is 32.2. The van der Waals surface area contributed by atoms with Crippen molar-refractivity contribution in [1.82, 2.24) is 4.72 Å². The van der Waals surface area contributed by atoms with Gasteiger partial charge in [-0.3, -0.25) is 4.79 Å². The van der Waals surface area contributed by atoms with Gasteiger partial charge < -0.3 is 4.90 Å². The van der Waals surface area contributed by atoms with Crippen LogP contribution in [0.2, 0.25) is 0 Å². The number of benzene rings is 2. The zero-order valence-electron chi connectivity index (χ0n) is 14.1. The molecule has 0 bridgehead atoms. The molecule has 0 aliphatic carbocycles. The quantitative estimate of drug-likeness (QED) is 0.874. The van der Waals surface area contributed by atoms with Gasteiger partial charge in [0.05, 0.1) is 4.90 Å². The molecule has 1 amide bonds. The number of hydrogen-bond acceptors (Lipinski definition) is 3. The molecule has 128 valence electrons. The number of nitrogens with one attached hydrogen (secondary N) is 1. The van der Waals surface area contributed by atoms with Crippen molar-refractivity contribution in [1.29, 1.82) is 0 Å². The van der Waals surface area contributed by atoms with Crippen LogP contribution in [0.4, 0.5) is 5.69 Å². The zero-order valence-corrected chi connectivity index (χ0v) is 14.9. The molecule has 0 aromatic heterocycles. The van der Waals surface area contributed by atoms with Gasteiger partial charge in [-0.2, -0.15) is 0 Å². The largest absolute Gasteiger partial charge is 0.311 e. The topological polar surface area (TPSA) is 66.5 Å². The summed E-state index contributed by atoms with van der Waals surface area (Å²) in [4.78, 5) is 13.6. The summed E-state index contributed by atoms with van der Waals surface area (Å²) in [5.74, 6) is -0.130. The Hall–Kier alpha value is -2.18. The number of carbonyl (C=O) groups excluding carboxylic acids is 1. The van der Waals surface area contributed by atoms with Crippen LogP contribution in [0.15, 0.2) is 53.4 Å². The van der Waals surface area contributed by atoms with Crippen LogP contribution in [0.25, 0.3) is 0 Å². The second kappa shape index (κ2) is 7.59. The average molecular weight is 346 g/mol. The van der Waals surface area contributed by atoms with Crippen LogP contribution >= 0.6 is 0 Å². The van der Waals surface area contributed by atoms with Crippen molar-refractivity contribution in [2.24, 2.45) is 0 Å². The standard InChI is InChI=1S/C18H22N2O3S/c1-14-7-9-18(10-8-14)24(22,23)19-11-12-20(16(3)21)17-6-4-5-15(2)13-17/h4-10,13,19H,11-12H2,1-3H3. The zero-order chi connectivity index (χ0) is 17.7. The first-order chi connectivity index (χ1) is 11.3. The van der Waals surface area contributed by atoms with Gasteiger partial charge in [0.15, 0.2) is 0 Å². The number of anilines is 1. The molecular formula is C18H22N2O3S. The molecule has 2 rings (SSSR count). The molecule has 0 radical (unpaired) electrons. The van der Waals surface area contributed by atoms with E-state index in [2.05, 4.69) is 4.72 Å². The van der Waals surface area contributed by atoms with E-state index in [0.29, 0.717) is 0 Å². The highest BCUT2D eigenvalue weighted by molar-refractivity contribution is 7.89. The molecule has 6 heteroatoms. The Kier molecular flexibility index (Phi) is 5.75. The molecular weight excluding hydrogens is 324 g/mol. The number of rotatable bonds is 6. The lowest BCUT2D eigenvalue weighted by molar-refractivity contribution is -0.116. The van der Waals surface area contributed by atoms with Gasteiger partial charge in [-0.05, 0) is 43.7 Å². The Morgan fingerprint density at radius 1 is 1.04 bits per heavy atom. The van der Waals surface area contributed by atoms with Crippen LogP contribution < -0.4 is 9.62 Å². The van der Waals surface area contributed by atoms with E-state index in [1.807, 2.05) is 38.1 Å². The Morgan fingerprint density at radius 2 is 1.71 bits per heavy atom. The third-order valence-electron chi connectivity index (χ3n) is 3.65. The van der Waals surface area contributed by atoms with E-state index < -0.39 is 10.0 Å². The van der Waals surface area contributed by atoms with E-state index >= 15 is 0 Å². The molecule has 0 saturated heterocycles. The van der Waals surface area contributed by atoms with Gasteiger partial charge in [0.25, 0.3) is 0 Å². The first kappa shape index (κ1) is 18.2. The van der Waals surface area contributed by atoms with E-state index in [1.54, 1.807) is 29.2 Å². The molecule has 0 spiro atoms. The van der Waals surface area contributed by atoms with E-state index in [0.717, 1.165) is 16.8 Å². The predicted octanol–water partition coefficient (Wildman–Crippen LogP) is 2.63. The maximum atomic E-state index is 12.3. The van der Waals surface area contributed by atoms with Crippen LogP contribution in [-0.2, 0) is 14.8 Å². The summed E-state index contributed by atoms with van der Waals surface area (Å²) >= 11 is 0. The summed E-state index contributed by atoms with van der Waals surface area (Å²) in [6.45, 7) is 5.72. The van der Waals surface area contributed by atoms with E-state index in [9.17, 15) is 13.2 Å².